The molecule has 0 radical (unpaired) electrons. The Morgan fingerprint density at radius 2 is 2.07 bits per heavy atom. The molecule has 2 aromatic rings. The number of carbonyl (C=O) groups is 1. The molecule has 0 saturated heterocycles. The van der Waals surface area contributed by atoms with Crippen LogP contribution >= 0.6 is 0 Å². The van der Waals surface area contributed by atoms with Gasteiger partial charge in [-0.15, -0.1) is 0 Å². The van der Waals surface area contributed by atoms with Gasteiger partial charge in [0.15, 0.2) is 0 Å². The predicted molar refractivity (Wildman–Crippen MR) is 105 cm³/mol. The fourth-order valence-electron chi connectivity index (χ4n) is 2.32. The molecule has 2 rings (SSSR count). The topological polar surface area (TPSA) is 128 Å². The van der Waals surface area contributed by atoms with E-state index in [1.807, 2.05) is 0 Å². The van der Waals surface area contributed by atoms with Crippen molar-refractivity contribution in [1.82, 2.24) is 14.9 Å². The van der Waals surface area contributed by atoms with Crippen LogP contribution in [-0.4, -0.2) is 51.3 Å². The Balaban J connectivity index is 2.40. The highest BCUT2D eigenvalue weighted by molar-refractivity contribution is 6.02. The fourth-order valence-corrected chi connectivity index (χ4v) is 2.32. The van der Waals surface area contributed by atoms with E-state index in [9.17, 15) is 9.90 Å². The smallest absolute Gasteiger partial charge is 0.266 e. The van der Waals surface area contributed by atoms with Gasteiger partial charge in [-0.2, -0.15) is 4.98 Å². The van der Waals surface area contributed by atoms with Crippen LogP contribution in [0.25, 0.3) is 0 Å². The number of hydrogen-bond donors (Lipinski definition) is 4. The number of anilines is 3. The monoisotopic (exact) mass is 366 g/mol. The highest BCUT2D eigenvalue weighted by atomic mass is 16.3. The van der Waals surface area contributed by atoms with Gasteiger partial charge >= 0.3 is 0 Å². The van der Waals surface area contributed by atoms with Gasteiger partial charge in [0.25, 0.3) is 5.91 Å². The number of nitrogen functional groups attached to an aromatic ring is 1. The Morgan fingerprint density at radius 3 is 2.67 bits per heavy atom. The Morgan fingerprint density at radius 1 is 1.37 bits per heavy atom. The second-order valence-corrected chi connectivity index (χ2v) is 6.33. The summed E-state index contributed by atoms with van der Waals surface area (Å²) in [5.41, 5.74) is 5.99. The van der Waals surface area contributed by atoms with E-state index in [1.54, 1.807) is 45.3 Å². The molecule has 1 unspecified atom stereocenters. The lowest BCUT2D eigenvalue weighted by molar-refractivity contribution is -0.141. The van der Waals surface area contributed by atoms with Crippen molar-refractivity contribution in [2.45, 2.75) is 19.4 Å². The Bertz CT molecular complexity index is 941. The number of nitrogens with zero attached hydrogens (tertiary/aromatic N) is 3. The molecule has 5 N–H and O–H groups in total. The van der Waals surface area contributed by atoms with Gasteiger partial charge in [-0.1, -0.05) is 11.8 Å². The van der Waals surface area contributed by atoms with Gasteiger partial charge in [0.2, 0.25) is 11.5 Å². The molecule has 1 aromatic heterocycles. The van der Waals surface area contributed by atoms with Crippen molar-refractivity contribution in [3.63, 3.8) is 0 Å². The summed E-state index contributed by atoms with van der Waals surface area (Å²) in [5.74, 6) is 5.50. The Hall–Kier alpha value is -3.44. The number of nitrogens with two attached hydrogens (primary N) is 1. The maximum absolute atomic E-state index is 12.0. The van der Waals surface area contributed by atoms with Crippen LogP contribution in [0.1, 0.15) is 25.0 Å². The van der Waals surface area contributed by atoms with Crippen LogP contribution in [0, 0.1) is 17.3 Å². The van der Waals surface area contributed by atoms with Crippen LogP contribution in [0.2, 0.25) is 0 Å². The summed E-state index contributed by atoms with van der Waals surface area (Å²) >= 11 is 0. The van der Waals surface area contributed by atoms with Gasteiger partial charge in [-0.3, -0.25) is 4.79 Å². The number of nitrogens with one attached hydrogen (secondary N) is 2. The first-order valence-electron chi connectivity index (χ1n) is 8.12. The lowest BCUT2D eigenvalue weighted by atomic mass is 10.0. The maximum atomic E-state index is 12.0. The van der Waals surface area contributed by atoms with Crippen molar-refractivity contribution in [2.75, 3.05) is 25.1 Å². The zero-order valence-corrected chi connectivity index (χ0v) is 15.7. The SMILES string of the molecule is CC(=N)c1ccc(C#CC(C)(O)C(=O)N(C)C)cc1Nc1ccnc(N)n1. The molecule has 1 atom stereocenters. The number of likely N-dealkylation sites (N-methyl/N-ethyl adjacent to an activating group) is 1. The summed E-state index contributed by atoms with van der Waals surface area (Å²) < 4.78 is 0. The fraction of sp³-hybridized carbons (Fsp3) is 0.263. The molecule has 0 bridgehead atoms. The van der Waals surface area contributed by atoms with E-state index >= 15 is 0 Å². The summed E-state index contributed by atoms with van der Waals surface area (Å²) in [6, 6.07) is 6.82. The predicted octanol–water partition coefficient (Wildman–Crippen LogP) is 1.38. The van der Waals surface area contributed by atoms with Crippen molar-refractivity contribution in [1.29, 1.82) is 5.41 Å². The summed E-state index contributed by atoms with van der Waals surface area (Å²) in [5, 5.41) is 21.3. The second-order valence-electron chi connectivity index (χ2n) is 6.33. The molecule has 1 amide bonds. The van der Waals surface area contributed by atoms with Gasteiger partial charge < -0.3 is 26.5 Å². The van der Waals surface area contributed by atoms with Crippen LogP contribution in [0.15, 0.2) is 30.5 Å². The molecule has 27 heavy (non-hydrogen) atoms. The van der Waals surface area contributed by atoms with Crippen LogP contribution in [-0.2, 0) is 4.79 Å². The number of hydrogen-bond acceptors (Lipinski definition) is 7. The normalized spacial score (nSPS) is 12.3. The number of amides is 1. The van der Waals surface area contributed by atoms with E-state index in [0.717, 1.165) is 0 Å². The number of aliphatic hydroxyl groups is 1. The molecule has 0 aliphatic heterocycles. The van der Waals surface area contributed by atoms with E-state index < -0.39 is 11.5 Å². The van der Waals surface area contributed by atoms with Crippen LogP contribution in [0.5, 0.6) is 0 Å². The number of carbonyl (C=O) groups excluding carboxylic acids is 1. The van der Waals surface area contributed by atoms with Crippen molar-refractivity contribution < 1.29 is 9.90 Å². The van der Waals surface area contributed by atoms with E-state index in [0.29, 0.717) is 28.3 Å². The molecule has 8 nitrogen and oxygen atoms in total. The molecule has 0 saturated carbocycles. The van der Waals surface area contributed by atoms with E-state index in [2.05, 4.69) is 27.1 Å². The van der Waals surface area contributed by atoms with Crippen molar-refractivity contribution in [2.24, 2.45) is 0 Å². The van der Waals surface area contributed by atoms with E-state index in [-0.39, 0.29) is 5.95 Å². The molecule has 0 spiro atoms. The number of benzene rings is 1. The lowest BCUT2D eigenvalue weighted by Crippen LogP contribution is -2.42. The summed E-state index contributed by atoms with van der Waals surface area (Å²) in [6.45, 7) is 3.02. The highest BCUT2D eigenvalue weighted by Gasteiger charge is 2.29. The minimum atomic E-state index is -1.80. The molecule has 1 aromatic carbocycles. The van der Waals surface area contributed by atoms with E-state index in [1.165, 1.54) is 18.0 Å². The first-order chi connectivity index (χ1) is 12.6. The zero-order valence-electron chi connectivity index (χ0n) is 15.7. The Kier molecular flexibility index (Phi) is 5.78. The largest absolute Gasteiger partial charge is 0.370 e. The summed E-state index contributed by atoms with van der Waals surface area (Å²) in [6.07, 6.45) is 1.52. The molecular formula is C19H22N6O2. The van der Waals surface area contributed by atoms with Crippen LogP contribution < -0.4 is 11.1 Å². The Labute approximate surface area is 158 Å². The van der Waals surface area contributed by atoms with Crippen LogP contribution in [0.4, 0.5) is 17.5 Å². The molecule has 0 aliphatic carbocycles. The van der Waals surface area contributed by atoms with Crippen molar-refractivity contribution in [3.05, 3.63) is 41.6 Å². The summed E-state index contributed by atoms with van der Waals surface area (Å²) in [7, 11) is 3.10. The molecule has 0 fully saturated rings. The average Bonchev–Trinajstić information content (AvgIpc) is 2.59. The minimum absolute atomic E-state index is 0.127. The third-order valence-electron chi connectivity index (χ3n) is 3.63. The maximum Gasteiger partial charge on any atom is 0.266 e. The first-order valence-corrected chi connectivity index (χ1v) is 8.12. The van der Waals surface area contributed by atoms with Gasteiger partial charge in [0, 0.05) is 42.8 Å². The van der Waals surface area contributed by atoms with Crippen molar-refractivity contribution in [3.8, 4) is 11.8 Å². The first kappa shape index (κ1) is 19.9. The standard InChI is InChI=1S/C19H22N6O2/c1-12(20)14-6-5-13(7-9-19(2,27)17(26)25(3)4)11-15(14)23-16-8-10-22-18(21)24-16/h5-6,8,10-11,20,27H,1-4H3,(H3,21,22,23,24). The third kappa shape index (κ3) is 5.03. The number of rotatable bonds is 4. The zero-order chi connectivity index (χ0) is 20.2. The lowest BCUT2D eigenvalue weighted by Gasteiger charge is -2.20. The van der Waals surface area contributed by atoms with E-state index in [4.69, 9.17) is 11.1 Å². The van der Waals surface area contributed by atoms with Crippen LogP contribution in [0.3, 0.4) is 0 Å². The van der Waals surface area contributed by atoms with Gasteiger partial charge in [-0.25, -0.2) is 4.98 Å². The molecule has 1 heterocycles. The minimum Gasteiger partial charge on any atom is -0.370 e. The number of aromatic nitrogens is 2. The molecular weight excluding hydrogens is 344 g/mol. The van der Waals surface area contributed by atoms with Gasteiger partial charge in [-0.05, 0) is 38.1 Å². The second kappa shape index (κ2) is 7.85. The third-order valence-corrected chi connectivity index (χ3v) is 3.63. The molecule has 8 heteroatoms. The molecule has 0 aliphatic rings. The average molecular weight is 366 g/mol. The highest BCUT2D eigenvalue weighted by Crippen LogP contribution is 2.22. The molecule has 140 valence electrons. The van der Waals surface area contributed by atoms with Gasteiger partial charge in [0.1, 0.15) is 5.82 Å². The van der Waals surface area contributed by atoms with Crippen molar-refractivity contribution >= 4 is 29.1 Å². The summed E-state index contributed by atoms with van der Waals surface area (Å²) in [4.78, 5) is 21.2. The van der Waals surface area contributed by atoms with Gasteiger partial charge in [0.05, 0.1) is 0 Å². The quantitative estimate of drug-likeness (QED) is 0.478.